The van der Waals surface area contributed by atoms with Crippen molar-refractivity contribution >= 4 is 11.8 Å². The van der Waals surface area contributed by atoms with Gasteiger partial charge in [-0.3, -0.25) is 0 Å². The van der Waals surface area contributed by atoms with Crippen LogP contribution in [0.4, 0.5) is 0 Å². The van der Waals surface area contributed by atoms with Crippen LogP contribution in [-0.2, 0) is 0 Å². The SMILES string of the molecule is C=C(C)C(C)(C)NCl. The Morgan fingerprint density at radius 2 is 2.00 bits per heavy atom. The fourth-order valence-corrected chi connectivity index (χ4v) is 0.242. The van der Waals surface area contributed by atoms with Crippen LogP contribution in [0.3, 0.4) is 0 Å². The summed E-state index contributed by atoms with van der Waals surface area (Å²) < 4.78 is 0. The number of hydrogen-bond donors (Lipinski definition) is 1. The first-order chi connectivity index (χ1) is 3.50. The zero-order valence-corrected chi connectivity index (χ0v) is 6.34. The van der Waals surface area contributed by atoms with E-state index in [1.165, 1.54) is 0 Å². The first-order valence-corrected chi connectivity index (χ1v) is 2.92. The molecular weight excluding hydrogens is 122 g/mol. The van der Waals surface area contributed by atoms with Crippen LogP contribution in [0.1, 0.15) is 20.8 Å². The molecule has 1 N–H and O–H groups in total. The van der Waals surface area contributed by atoms with Crippen molar-refractivity contribution in [3.63, 3.8) is 0 Å². The van der Waals surface area contributed by atoms with E-state index in [4.69, 9.17) is 11.8 Å². The molecule has 0 bridgehead atoms. The van der Waals surface area contributed by atoms with Crippen molar-refractivity contribution in [1.29, 1.82) is 0 Å². The maximum absolute atomic E-state index is 5.38. The molecule has 0 aromatic rings. The van der Waals surface area contributed by atoms with Crippen molar-refractivity contribution in [2.24, 2.45) is 0 Å². The summed E-state index contributed by atoms with van der Waals surface area (Å²) in [5, 5.41) is 0. The van der Waals surface area contributed by atoms with Crippen LogP contribution < -0.4 is 4.84 Å². The van der Waals surface area contributed by atoms with Crippen molar-refractivity contribution < 1.29 is 0 Å². The lowest BCUT2D eigenvalue weighted by molar-refractivity contribution is 0.561. The van der Waals surface area contributed by atoms with Crippen LogP contribution in [-0.4, -0.2) is 5.54 Å². The minimum Gasteiger partial charge on any atom is -0.224 e. The summed E-state index contributed by atoms with van der Waals surface area (Å²) >= 11 is 5.38. The highest BCUT2D eigenvalue weighted by atomic mass is 35.5. The van der Waals surface area contributed by atoms with E-state index in [1.807, 2.05) is 20.8 Å². The lowest BCUT2D eigenvalue weighted by atomic mass is 9.99. The first-order valence-electron chi connectivity index (χ1n) is 2.54. The van der Waals surface area contributed by atoms with Crippen LogP contribution in [0.15, 0.2) is 12.2 Å². The minimum atomic E-state index is -0.137. The number of halogens is 1. The normalized spacial score (nSPS) is 11.5. The van der Waals surface area contributed by atoms with Crippen LogP contribution in [0, 0.1) is 0 Å². The zero-order chi connectivity index (χ0) is 6.78. The third-order valence-corrected chi connectivity index (χ3v) is 1.78. The maximum atomic E-state index is 5.38. The van der Waals surface area contributed by atoms with Gasteiger partial charge in [0.05, 0.1) is 0 Å². The number of hydrogen-bond acceptors (Lipinski definition) is 1. The molecule has 0 atom stereocenters. The van der Waals surface area contributed by atoms with Gasteiger partial charge in [0.2, 0.25) is 0 Å². The van der Waals surface area contributed by atoms with Gasteiger partial charge in [-0.25, -0.2) is 4.84 Å². The van der Waals surface area contributed by atoms with Crippen molar-refractivity contribution in [3.8, 4) is 0 Å². The van der Waals surface area contributed by atoms with Crippen LogP contribution in [0.25, 0.3) is 0 Å². The largest absolute Gasteiger partial charge is 0.224 e. The highest BCUT2D eigenvalue weighted by Crippen LogP contribution is 2.12. The highest BCUT2D eigenvalue weighted by Gasteiger charge is 2.15. The van der Waals surface area contributed by atoms with E-state index < -0.39 is 0 Å². The van der Waals surface area contributed by atoms with Crippen LogP contribution in [0.5, 0.6) is 0 Å². The van der Waals surface area contributed by atoms with E-state index in [1.54, 1.807) is 0 Å². The summed E-state index contributed by atoms with van der Waals surface area (Å²) in [6, 6.07) is 0. The summed E-state index contributed by atoms with van der Waals surface area (Å²) in [5.74, 6) is 0. The van der Waals surface area contributed by atoms with Gasteiger partial charge >= 0.3 is 0 Å². The van der Waals surface area contributed by atoms with Crippen molar-refractivity contribution in [2.75, 3.05) is 0 Å². The van der Waals surface area contributed by atoms with E-state index in [9.17, 15) is 0 Å². The van der Waals surface area contributed by atoms with E-state index in [0.717, 1.165) is 5.57 Å². The van der Waals surface area contributed by atoms with E-state index in [2.05, 4.69) is 11.4 Å². The molecule has 0 spiro atoms. The molecule has 0 saturated heterocycles. The molecule has 0 aliphatic rings. The summed E-state index contributed by atoms with van der Waals surface area (Å²) in [5.41, 5.74) is 0.897. The Morgan fingerprint density at radius 1 is 1.62 bits per heavy atom. The Hall–Kier alpha value is -0.0100. The van der Waals surface area contributed by atoms with Gasteiger partial charge in [0.15, 0.2) is 0 Å². The molecule has 0 aromatic heterocycles. The van der Waals surface area contributed by atoms with Crippen molar-refractivity contribution in [2.45, 2.75) is 26.3 Å². The van der Waals surface area contributed by atoms with E-state index in [-0.39, 0.29) is 5.54 Å². The number of nitrogens with one attached hydrogen (secondary N) is 1. The van der Waals surface area contributed by atoms with Gasteiger partial charge < -0.3 is 0 Å². The lowest BCUT2D eigenvalue weighted by Crippen LogP contribution is -2.32. The monoisotopic (exact) mass is 133 g/mol. The van der Waals surface area contributed by atoms with Gasteiger partial charge in [-0.15, -0.1) is 0 Å². The Morgan fingerprint density at radius 3 is 2.00 bits per heavy atom. The summed E-state index contributed by atoms with van der Waals surface area (Å²) in [6.07, 6.45) is 0. The molecule has 0 aromatic carbocycles. The van der Waals surface area contributed by atoms with Crippen LogP contribution in [0.2, 0.25) is 0 Å². The second-order valence-electron chi connectivity index (χ2n) is 2.50. The molecule has 1 nitrogen and oxygen atoms in total. The molecule has 2 heteroatoms. The Labute approximate surface area is 55.8 Å². The first kappa shape index (κ1) is 7.99. The molecule has 0 heterocycles. The second-order valence-corrected chi connectivity index (χ2v) is 2.69. The van der Waals surface area contributed by atoms with Gasteiger partial charge in [0.25, 0.3) is 0 Å². The van der Waals surface area contributed by atoms with Gasteiger partial charge in [0.1, 0.15) is 0 Å². The molecule has 0 radical (unpaired) electrons. The Balaban J connectivity index is 3.91. The molecule has 48 valence electrons. The summed E-state index contributed by atoms with van der Waals surface area (Å²) in [7, 11) is 0. The fraction of sp³-hybridized carbons (Fsp3) is 0.667. The molecule has 0 amide bonds. The van der Waals surface area contributed by atoms with Gasteiger partial charge in [0, 0.05) is 5.54 Å². The van der Waals surface area contributed by atoms with E-state index in [0.29, 0.717) is 0 Å². The predicted octanol–water partition coefficient (Wildman–Crippen LogP) is 2.08. The summed E-state index contributed by atoms with van der Waals surface area (Å²) in [4.78, 5) is 2.61. The second kappa shape index (κ2) is 2.51. The van der Waals surface area contributed by atoms with Gasteiger partial charge in [-0.2, -0.15) is 0 Å². The predicted molar refractivity (Wildman–Crippen MR) is 37.9 cm³/mol. The summed E-state index contributed by atoms with van der Waals surface area (Å²) in [6.45, 7) is 9.64. The van der Waals surface area contributed by atoms with E-state index >= 15 is 0 Å². The average Bonchev–Trinajstić information content (AvgIpc) is 1.67. The fourth-order valence-electron chi connectivity index (χ4n) is 0.0807. The van der Waals surface area contributed by atoms with Gasteiger partial charge in [-0.1, -0.05) is 12.2 Å². The molecule has 0 fully saturated rings. The molecule has 0 saturated carbocycles. The molecule has 8 heavy (non-hydrogen) atoms. The Bertz CT molecular complexity index is 96.7. The Kier molecular flexibility index (Phi) is 2.51. The third kappa shape index (κ3) is 1.85. The van der Waals surface area contributed by atoms with Crippen LogP contribution >= 0.6 is 11.8 Å². The molecule has 0 aliphatic heterocycles. The molecule has 0 aliphatic carbocycles. The number of rotatable bonds is 2. The average molecular weight is 134 g/mol. The quantitative estimate of drug-likeness (QED) is 0.449. The smallest absolute Gasteiger partial charge is 0.0478 e. The lowest BCUT2D eigenvalue weighted by Gasteiger charge is -2.21. The highest BCUT2D eigenvalue weighted by molar-refractivity contribution is 6.14. The minimum absolute atomic E-state index is 0.137. The molecular formula is C6H12ClN. The zero-order valence-electron chi connectivity index (χ0n) is 5.59. The molecule has 0 rings (SSSR count). The topological polar surface area (TPSA) is 12.0 Å². The van der Waals surface area contributed by atoms with Crippen molar-refractivity contribution in [3.05, 3.63) is 12.2 Å². The maximum Gasteiger partial charge on any atom is 0.0478 e. The van der Waals surface area contributed by atoms with Gasteiger partial charge in [-0.05, 0) is 32.5 Å². The third-order valence-electron chi connectivity index (χ3n) is 1.30. The molecule has 0 unspecified atom stereocenters. The standard InChI is InChI=1S/C6H12ClN/c1-5(2)6(3,4)8-7/h8H,1H2,2-4H3. The van der Waals surface area contributed by atoms with Crippen molar-refractivity contribution in [1.82, 2.24) is 4.84 Å².